The number of nitrogens with zero attached hydrogens (tertiary/aromatic N) is 2. The SMILES string of the molecule is Cc1noc(C)c1[C@H](C)C(=O)N1CCOC[C@H]1C(=O)O. The van der Waals surface area contributed by atoms with Crippen molar-refractivity contribution in [3.63, 3.8) is 0 Å². The van der Waals surface area contributed by atoms with Gasteiger partial charge in [0.05, 0.1) is 24.8 Å². The molecule has 1 fully saturated rings. The quantitative estimate of drug-likeness (QED) is 0.877. The lowest BCUT2D eigenvalue weighted by atomic mass is 9.97. The summed E-state index contributed by atoms with van der Waals surface area (Å²) in [5.41, 5.74) is 1.38. The highest BCUT2D eigenvalue weighted by atomic mass is 16.5. The topological polar surface area (TPSA) is 92.9 Å². The Hall–Kier alpha value is -1.89. The average molecular weight is 282 g/mol. The van der Waals surface area contributed by atoms with Gasteiger partial charge in [-0.2, -0.15) is 0 Å². The van der Waals surface area contributed by atoms with Gasteiger partial charge in [-0.15, -0.1) is 0 Å². The number of aliphatic carboxylic acids is 1. The monoisotopic (exact) mass is 282 g/mol. The van der Waals surface area contributed by atoms with Crippen LogP contribution < -0.4 is 0 Å². The molecule has 0 bridgehead atoms. The third-order valence-corrected chi connectivity index (χ3v) is 3.59. The van der Waals surface area contributed by atoms with Gasteiger partial charge in [-0.05, 0) is 20.8 Å². The van der Waals surface area contributed by atoms with E-state index >= 15 is 0 Å². The van der Waals surface area contributed by atoms with Gasteiger partial charge in [-0.1, -0.05) is 5.16 Å². The summed E-state index contributed by atoms with van der Waals surface area (Å²) >= 11 is 0. The first kappa shape index (κ1) is 14.5. The number of rotatable bonds is 3. The molecule has 1 N–H and O–H groups in total. The van der Waals surface area contributed by atoms with E-state index in [4.69, 9.17) is 9.26 Å². The molecule has 0 aliphatic carbocycles. The third-order valence-electron chi connectivity index (χ3n) is 3.59. The number of aromatic nitrogens is 1. The van der Waals surface area contributed by atoms with Gasteiger partial charge in [0.15, 0.2) is 6.04 Å². The number of ether oxygens (including phenoxy) is 1. The first-order valence-corrected chi connectivity index (χ1v) is 6.47. The molecule has 1 aromatic heterocycles. The zero-order chi connectivity index (χ0) is 14.9. The van der Waals surface area contributed by atoms with E-state index in [1.54, 1.807) is 20.8 Å². The third kappa shape index (κ3) is 2.53. The highest BCUT2D eigenvalue weighted by Gasteiger charge is 2.36. The van der Waals surface area contributed by atoms with Crippen molar-refractivity contribution in [2.75, 3.05) is 19.8 Å². The highest BCUT2D eigenvalue weighted by Crippen LogP contribution is 2.26. The first-order chi connectivity index (χ1) is 9.43. The fourth-order valence-electron chi connectivity index (χ4n) is 2.55. The predicted molar refractivity (Wildman–Crippen MR) is 68.3 cm³/mol. The lowest BCUT2D eigenvalue weighted by molar-refractivity contribution is -0.158. The summed E-state index contributed by atoms with van der Waals surface area (Å²) in [7, 11) is 0. The summed E-state index contributed by atoms with van der Waals surface area (Å²) < 4.78 is 10.2. The van der Waals surface area contributed by atoms with Crippen molar-refractivity contribution in [2.45, 2.75) is 32.7 Å². The maximum Gasteiger partial charge on any atom is 0.328 e. The summed E-state index contributed by atoms with van der Waals surface area (Å²) in [4.78, 5) is 25.1. The Bertz CT molecular complexity index is 505. The zero-order valence-corrected chi connectivity index (χ0v) is 11.8. The van der Waals surface area contributed by atoms with E-state index in [-0.39, 0.29) is 19.1 Å². The van der Waals surface area contributed by atoms with Gasteiger partial charge in [-0.3, -0.25) is 4.79 Å². The van der Waals surface area contributed by atoms with E-state index in [2.05, 4.69) is 5.16 Å². The Balaban J connectivity index is 2.23. The van der Waals surface area contributed by atoms with Gasteiger partial charge in [0, 0.05) is 12.1 Å². The zero-order valence-electron chi connectivity index (χ0n) is 11.8. The molecule has 1 aliphatic heterocycles. The molecule has 7 heteroatoms. The number of carbonyl (C=O) groups is 2. The molecule has 1 saturated heterocycles. The van der Waals surface area contributed by atoms with Crippen LogP contribution in [0.5, 0.6) is 0 Å². The van der Waals surface area contributed by atoms with Crippen LogP contribution in [0.1, 0.15) is 29.9 Å². The Morgan fingerprint density at radius 3 is 2.70 bits per heavy atom. The smallest absolute Gasteiger partial charge is 0.328 e. The number of carboxylic acids is 1. The first-order valence-electron chi connectivity index (χ1n) is 6.47. The van der Waals surface area contributed by atoms with Crippen molar-refractivity contribution in [1.29, 1.82) is 0 Å². The van der Waals surface area contributed by atoms with Crippen molar-refractivity contribution in [3.05, 3.63) is 17.0 Å². The second-order valence-corrected chi connectivity index (χ2v) is 4.92. The van der Waals surface area contributed by atoms with Crippen LogP contribution in [0.3, 0.4) is 0 Å². The van der Waals surface area contributed by atoms with Gasteiger partial charge in [0.1, 0.15) is 5.76 Å². The van der Waals surface area contributed by atoms with Gasteiger partial charge in [0.25, 0.3) is 0 Å². The van der Waals surface area contributed by atoms with E-state index in [1.807, 2.05) is 0 Å². The van der Waals surface area contributed by atoms with E-state index in [0.29, 0.717) is 18.1 Å². The fourth-order valence-corrected chi connectivity index (χ4v) is 2.55. The molecule has 110 valence electrons. The molecule has 2 heterocycles. The average Bonchev–Trinajstić information content (AvgIpc) is 2.76. The number of hydrogen-bond donors (Lipinski definition) is 1. The van der Waals surface area contributed by atoms with Crippen molar-refractivity contribution in [2.24, 2.45) is 0 Å². The molecule has 1 aliphatic rings. The van der Waals surface area contributed by atoms with Crippen LogP contribution in [0.2, 0.25) is 0 Å². The van der Waals surface area contributed by atoms with Crippen LogP contribution in [-0.4, -0.2) is 52.8 Å². The molecule has 2 rings (SSSR count). The molecule has 0 unspecified atom stereocenters. The Morgan fingerprint density at radius 2 is 2.15 bits per heavy atom. The largest absolute Gasteiger partial charge is 0.480 e. The van der Waals surface area contributed by atoms with E-state index in [0.717, 1.165) is 5.56 Å². The molecule has 0 saturated carbocycles. The van der Waals surface area contributed by atoms with Gasteiger partial charge < -0.3 is 19.3 Å². The molecule has 20 heavy (non-hydrogen) atoms. The van der Waals surface area contributed by atoms with E-state index in [1.165, 1.54) is 4.90 Å². The number of aryl methyl sites for hydroxylation is 2. The summed E-state index contributed by atoms with van der Waals surface area (Å²) in [5, 5.41) is 13.0. The van der Waals surface area contributed by atoms with Gasteiger partial charge in [-0.25, -0.2) is 4.79 Å². The van der Waals surface area contributed by atoms with E-state index < -0.39 is 17.9 Å². The molecule has 2 atom stereocenters. The molecule has 1 amide bonds. The predicted octanol–water partition coefficient (Wildman–Crippen LogP) is 0.707. The Labute approximate surface area is 116 Å². The number of carboxylic acid groups (broad SMARTS) is 1. The van der Waals surface area contributed by atoms with Crippen LogP contribution in [0, 0.1) is 13.8 Å². The van der Waals surface area contributed by atoms with Crippen LogP contribution in [0.25, 0.3) is 0 Å². The molecule has 0 spiro atoms. The fraction of sp³-hybridized carbons (Fsp3) is 0.615. The minimum absolute atomic E-state index is 0.0232. The van der Waals surface area contributed by atoms with E-state index in [9.17, 15) is 14.7 Å². The normalized spacial score (nSPS) is 20.8. The maximum absolute atomic E-state index is 12.6. The Morgan fingerprint density at radius 1 is 1.45 bits per heavy atom. The van der Waals surface area contributed by atoms with Crippen LogP contribution >= 0.6 is 0 Å². The van der Waals surface area contributed by atoms with Gasteiger partial charge in [0.2, 0.25) is 5.91 Å². The van der Waals surface area contributed by atoms with Crippen molar-refractivity contribution in [1.82, 2.24) is 10.1 Å². The number of amides is 1. The molecule has 1 aromatic rings. The molecular weight excluding hydrogens is 264 g/mol. The summed E-state index contributed by atoms with van der Waals surface area (Å²) in [6.07, 6.45) is 0. The maximum atomic E-state index is 12.6. The molecular formula is C13H18N2O5. The van der Waals surface area contributed by atoms with Crippen molar-refractivity contribution in [3.8, 4) is 0 Å². The van der Waals surface area contributed by atoms with Crippen molar-refractivity contribution < 1.29 is 24.0 Å². The highest BCUT2D eigenvalue weighted by molar-refractivity contribution is 5.88. The van der Waals surface area contributed by atoms with Crippen LogP contribution in [0.15, 0.2) is 4.52 Å². The standard InChI is InChI=1S/C13H18N2O5/c1-7(11-8(2)14-20-9(11)3)12(16)15-4-5-19-6-10(15)13(17)18/h7,10H,4-6H2,1-3H3,(H,17,18)/t7-,10-/m0/s1. The molecule has 7 nitrogen and oxygen atoms in total. The minimum Gasteiger partial charge on any atom is -0.480 e. The minimum atomic E-state index is -1.05. The second kappa shape index (κ2) is 5.62. The number of carbonyl (C=O) groups excluding carboxylic acids is 1. The lowest BCUT2D eigenvalue weighted by Gasteiger charge is -2.34. The van der Waals surface area contributed by atoms with Crippen LogP contribution in [-0.2, 0) is 14.3 Å². The summed E-state index contributed by atoms with van der Waals surface area (Å²) in [6.45, 7) is 5.91. The molecule has 0 radical (unpaired) electrons. The van der Waals surface area contributed by atoms with Crippen LogP contribution in [0.4, 0.5) is 0 Å². The Kier molecular flexibility index (Phi) is 4.08. The summed E-state index contributed by atoms with van der Waals surface area (Å²) in [5.74, 6) is -1.19. The molecule has 0 aromatic carbocycles. The van der Waals surface area contributed by atoms with Gasteiger partial charge >= 0.3 is 5.97 Å². The number of morpholine rings is 1. The summed E-state index contributed by atoms with van der Waals surface area (Å²) in [6, 6.07) is -0.931. The lowest BCUT2D eigenvalue weighted by Crippen LogP contribution is -2.53. The van der Waals surface area contributed by atoms with Crippen molar-refractivity contribution >= 4 is 11.9 Å². The second-order valence-electron chi connectivity index (χ2n) is 4.92. The number of hydrogen-bond acceptors (Lipinski definition) is 5.